The molecule has 0 aliphatic carbocycles. The number of benzene rings is 1. The minimum Gasteiger partial charge on any atom is -0.383 e. The number of nitrogens with one attached hydrogen (secondary N) is 2. The van der Waals surface area contributed by atoms with Crippen molar-refractivity contribution in [3.63, 3.8) is 0 Å². The maximum atomic E-state index is 3.42. The second-order valence-corrected chi connectivity index (χ2v) is 5.10. The van der Waals surface area contributed by atoms with Crippen LogP contribution in [0, 0.1) is 0 Å². The van der Waals surface area contributed by atoms with Gasteiger partial charge in [-0.25, -0.2) is 0 Å². The Morgan fingerprint density at radius 2 is 1.80 bits per heavy atom. The minimum atomic E-state index is 0.123. The normalized spacial score (nSPS) is 11.5. The Kier molecular flexibility index (Phi) is 4.48. The van der Waals surface area contributed by atoms with Crippen LogP contribution < -0.4 is 10.6 Å². The third-order valence-electron chi connectivity index (χ3n) is 2.50. The van der Waals surface area contributed by atoms with Crippen LogP contribution >= 0.6 is 11.8 Å². The van der Waals surface area contributed by atoms with Crippen molar-refractivity contribution in [1.82, 2.24) is 5.32 Å². The molecule has 0 saturated carbocycles. The summed E-state index contributed by atoms with van der Waals surface area (Å²) in [5.74, 6) is 0. The van der Waals surface area contributed by atoms with Crippen molar-refractivity contribution < 1.29 is 0 Å². The second kappa shape index (κ2) is 5.42. The van der Waals surface area contributed by atoms with E-state index in [1.807, 2.05) is 7.05 Å². The number of hydrogen-bond acceptors (Lipinski definition) is 3. The Bertz CT molecular complexity index is 293. The van der Waals surface area contributed by atoms with Crippen LogP contribution in [-0.2, 0) is 0 Å². The van der Waals surface area contributed by atoms with E-state index < -0.39 is 0 Å². The highest BCUT2D eigenvalue weighted by molar-refractivity contribution is 7.98. The molecule has 0 atom stereocenters. The number of hydrogen-bond donors (Lipinski definition) is 2. The molecular formula is C12H20N2S. The van der Waals surface area contributed by atoms with Gasteiger partial charge in [-0.05, 0) is 51.4 Å². The summed E-state index contributed by atoms with van der Waals surface area (Å²) in [6.07, 6.45) is 2.09. The summed E-state index contributed by atoms with van der Waals surface area (Å²) in [5.41, 5.74) is 1.30. The lowest BCUT2D eigenvalue weighted by Gasteiger charge is -2.24. The van der Waals surface area contributed by atoms with Crippen LogP contribution in [0.25, 0.3) is 0 Å². The van der Waals surface area contributed by atoms with E-state index in [1.54, 1.807) is 11.8 Å². The predicted octanol–water partition coefficient (Wildman–Crippen LogP) is 2.82. The molecule has 0 fully saturated rings. The van der Waals surface area contributed by atoms with Crippen LogP contribution in [0.4, 0.5) is 5.69 Å². The molecule has 15 heavy (non-hydrogen) atoms. The van der Waals surface area contributed by atoms with Crippen LogP contribution in [-0.4, -0.2) is 25.4 Å². The smallest absolute Gasteiger partial charge is 0.0341 e. The molecule has 0 radical (unpaired) electrons. The molecule has 0 amide bonds. The molecular weight excluding hydrogens is 204 g/mol. The molecule has 0 bridgehead atoms. The summed E-state index contributed by atoms with van der Waals surface area (Å²) in [7, 11) is 1.98. The molecule has 1 aromatic carbocycles. The van der Waals surface area contributed by atoms with E-state index in [-0.39, 0.29) is 5.54 Å². The average molecular weight is 224 g/mol. The summed E-state index contributed by atoms with van der Waals surface area (Å²) in [5, 5.41) is 6.68. The van der Waals surface area contributed by atoms with Gasteiger partial charge in [-0.2, -0.15) is 0 Å². The van der Waals surface area contributed by atoms with Gasteiger partial charge in [0.15, 0.2) is 0 Å². The highest BCUT2D eigenvalue weighted by atomic mass is 32.2. The van der Waals surface area contributed by atoms with Crippen molar-refractivity contribution in [1.29, 1.82) is 0 Å². The largest absolute Gasteiger partial charge is 0.383 e. The molecule has 1 rings (SSSR count). The number of thioether (sulfide) groups is 1. The molecule has 0 aliphatic heterocycles. The maximum absolute atomic E-state index is 3.42. The first kappa shape index (κ1) is 12.4. The molecule has 0 aliphatic rings. The highest BCUT2D eigenvalue weighted by Gasteiger charge is 2.13. The molecule has 2 N–H and O–H groups in total. The van der Waals surface area contributed by atoms with Crippen molar-refractivity contribution in [2.45, 2.75) is 24.3 Å². The van der Waals surface area contributed by atoms with E-state index in [1.165, 1.54) is 10.6 Å². The molecule has 3 heteroatoms. The molecule has 2 nitrogen and oxygen atoms in total. The standard InChI is InChI=1S/C12H20N2S/c1-12(2,13-3)9-14-10-5-7-11(15-4)8-6-10/h5-8,13-14H,9H2,1-4H3. The number of anilines is 1. The van der Waals surface area contributed by atoms with E-state index in [2.05, 4.69) is 55.0 Å². The Morgan fingerprint density at radius 1 is 1.20 bits per heavy atom. The summed E-state index contributed by atoms with van der Waals surface area (Å²) < 4.78 is 0. The Labute approximate surface area is 96.8 Å². The second-order valence-electron chi connectivity index (χ2n) is 4.22. The van der Waals surface area contributed by atoms with Gasteiger partial charge < -0.3 is 10.6 Å². The van der Waals surface area contributed by atoms with Gasteiger partial charge in [-0.1, -0.05) is 0 Å². The zero-order chi connectivity index (χ0) is 11.3. The fourth-order valence-corrected chi connectivity index (χ4v) is 1.53. The van der Waals surface area contributed by atoms with E-state index in [0.29, 0.717) is 0 Å². The highest BCUT2D eigenvalue weighted by Crippen LogP contribution is 2.17. The monoisotopic (exact) mass is 224 g/mol. The summed E-state index contributed by atoms with van der Waals surface area (Å²) in [4.78, 5) is 1.30. The van der Waals surface area contributed by atoms with Gasteiger partial charge in [0, 0.05) is 22.7 Å². The SMILES string of the molecule is CNC(C)(C)CNc1ccc(SC)cc1. The molecule has 0 heterocycles. The first-order valence-electron chi connectivity index (χ1n) is 5.14. The van der Waals surface area contributed by atoms with Crippen LogP contribution in [0.5, 0.6) is 0 Å². The quantitative estimate of drug-likeness (QED) is 0.752. The third-order valence-corrected chi connectivity index (χ3v) is 3.24. The first-order valence-corrected chi connectivity index (χ1v) is 6.37. The Hall–Kier alpha value is -0.670. The van der Waals surface area contributed by atoms with Gasteiger partial charge in [0.2, 0.25) is 0 Å². The fourth-order valence-electron chi connectivity index (χ4n) is 1.12. The Balaban J connectivity index is 2.51. The lowest BCUT2D eigenvalue weighted by Crippen LogP contribution is -2.42. The van der Waals surface area contributed by atoms with Crippen LogP contribution in [0.15, 0.2) is 29.2 Å². The summed E-state index contributed by atoms with van der Waals surface area (Å²) in [6, 6.07) is 8.52. The lowest BCUT2D eigenvalue weighted by atomic mass is 10.1. The van der Waals surface area contributed by atoms with E-state index >= 15 is 0 Å². The van der Waals surface area contributed by atoms with Crippen molar-refractivity contribution in [3.05, 3.63) is 24.3 Å². The van der Waals surface area contributed by atoms with Gasteiger partial charge in [-0.3, -0.25) is 0 Å². The van der Waals surface area contributed by atoms with E-state index in [9.17, 15) is 0 Å². The molecule has 0 aromatic heterocycles. The molecule has 1 aromatic rings. The summed E-state index contributed by atoms with van der Waals surface area (Å²) in [6.45, 7) is 5.27. The lowest BCUT2D eigenvalue weighted by molar-refractivity contribution is 0.448. The van der Waals surface area contributed by atoms with Gasteiger partial charge in [0.1, 0.15) is 0 Å². The zero-order valence-electron chi connectivity index (χ0n) is 9.92. The maximum Gasteiger partial charge on any atom is 0.0341 e. The van der Waals surface area contributed by atoms with Crippen molar-refractivity contribution in [3.8, 4) is 0 Å². The van der Waals surface area contributed by atoms with E-state index in [0.717, 1.165) is 6.54 Å². The molecule has 0 saturated heterocycles. The summed E-state index contributed by atoms with van der Waals surface area (Å²) >= 11 is 1.77. The number of rotatable bonds is 5. The van der Waals surface area contributed by atoms with Crippen LogP contribution in [0.1, 0.15) is 13.8 Å². The molecule has 0 spiro atoms. The zero-order valence-corrected chi connectivity index (χ0v) is 10.7. The van der Waals surface area contributed by atoms with Gasteiger partial charge >= 0.3 is 0 Å². The number of likely N-dealkylation sites (N-methyl/N-ethyl adjacent to an activating group) is 1. The van der Waals surface area contributed by atoms with Crippen LogP contribution in [0.2, 0.25) is 0 Å². The van der Waals surface area contributed by atoms with E-state index in [4.69, 9.17) is 0 Å². The average Bonchev–Trinajstić information content (AvgIpc) is 2.27. The van der Waals surface area contributed by atoms with Crippen molar-refractivity contribution >= 4 is 17.4 Å². The molecule has 0 unspecified atom stereocenters. The van der Waals surface area contributed by atoms with Crippen molar-refractivity contribution in [2.75, 3.05) is 25.2 Å². The Morgan fingerprint density at radius 3 is 2.27 bits per heavy atom. The van der Waals surface area contributed by atoms with Gasteiger partial charge in [0.25, 0.3) is 0 Å². The minimum absolute atomic E-state index is 0.123. The first-order chi connectivity index (χ1) is 7.07. The topological polar surface area (TPSA) is 24.1 Å². The predicted molar refractivity (Wildman–Crippen MR) is 69.9 cm³/mol. The van der Waals surface area contributed by atoms with Crippen molar-refractivity contribution in [2.24, 2.45) is 0 Å². The fraction of sp³-hybridized carbons (Fsp3) is 0.500. The molecule has 84 valence electrons. The van der Waals surface area contributed by atoms with Gasteiger partial charge in [0.05, 0.1) is 0 Å². The van der Waals surface area contributed by atoms with Gasteiger partial charge in [-0.15, -0.1) is 11.8 Å². The third kappa shape index (κ3) is 4.14. The van der Waals surface area contributed by atoms with Crippen LogP contribution in [0.3, 0.4) is 0 Å².